The Kier molecular flexibility index (Phi) is 4.88. The molecule has 25 heavy (non-hydrogen) atoms. The Labute approximate surface area is 146 Å². The van der Waals surface area contributed by atoms with E-state index in [1.165, 1.54) is 7.11 Å². The molecule has 3 rings (SSSR count). The zero-order chi connectivity index (χ0) is 17.9. The number of oxazole rings is 1. The maximum atomic E-state index is 12.8. The summed E-state index contributed by atoms with van der Waals surface area (Å²) in [5, 5.41) is 2.87. The molecule has 1 amide bonds. The van der Waals surface area contributed by atoms with Crippen LogP contribution in [-0.4, -0.2) is 29.5 Å². The lowest BCUT2D eigenvalue weighted by Gasteiger charge is -2.34. The van der Waals surface area contributed by atoms with Crippen molar-refractivity contribution < 1.29 is 18.7 Å². The molecule has 1 saturated carbocycles. The summed E-state index contributed by atoms with van der Waals surface area (Å²) in [6.45, 7) is 1.69. The van der Waals surface area contributed by atoms with Gasteiger partial charge in [0.1, 0.15) is 11.3 Å². The number of nitrogens with one attached hydrogen (secondary N) is 1. The Balaban J connectivity index is 1.85. The summed E-state index contributed by atoms with van der Waals surface area (Å²) in [6, 6.07) is 9.38. The van der Waals surface area contributed by atoms with E-state index in [-0.39, 0.29) is 5.69 Å². The molecular weight excluding hydrogens is 320 g/mol. The molecule has 1 heterocycles. The van der Waals surface area contributed by atoms with E-state index < -0.39 is 17.4 Å². The molecule has 6 nitrogen and oxygen atoms in total. The van der Waals surface area contributed by atoms with Crippen LogP contribution < -0.4 is 5.32 Å². The predicted octanol–water partition coefficient (Wildman–Crippen LogP) is 3.26. The second kappa shape index (κ2) is 7.09. The van der Waals surface area contributed by atoms with E-state index in [9.17, 15) is 9.59 Å². The van der Waals surface area contributed by atoms with E-state index in [1.54, 1.807) is 6.92 Å². The second-order valence-corrected chi connectivity index (χ2v) is 6.38. The highest BCUT2D eigenvalue weighted by atomic mass is 16.5. The normalized spacial score (nSPS) is 16.2. The second-order valence-electron chi connectivity index (χ2n) is 6.38. The molecule has 0 radical (unpaired) electrons. The quantitative estimate of drug-likeness (QED) is 0.863. The molecule has 0 saturated heterocycles. The third-order valence-corrected chi connectivity index (χ3v) is 4.67. The predicted molar refractivity (Wildman–Crippen MR) is 92.0 cm³/mol. The summed E-state index contributed by atoms with van der Waals surface area (Å²) in [6.07, 6.45) is 3.96. The van der Waals surface area contributed by atoms with Crippen molar-refractivity contribution in [3.63, 3.8) is 0 Å². The largest absolute Gasteiger partial charge is 0.467 e. The molecule has 0 unspecified atom stereocenters. The minimum absolute atomic E-state index is 0.202. The highest BCUT2D eigenvalue weighted by molar-refractivity contribution is 5.97. The van der Waals surface area contributed by atoms with Crippen LogP contribution in [0.1, 0.15) is 48.4 Å². The van der Waals surface area contributed by atoms with Gasteiger partial charge in [-0.05, 0) is 31.9 Å². The van der Waals surface area contributed by atoms with E-state index in [0.29, 0.717) is 24.5 Å². The van der Waals surface area contributed by atoms with Crippen LogP contribution in [0, 0.1) is 6.92 Å². The molecule has 0 aliphatic heterocycles. The zero-order valence-corrected chi connectivity index (χ0v) is 14.5. The molecule has 1 aromatic carbocycles. The fraction of sp³-hybridized carbons (Fsp3) is 0.421. The Morgan fingerprint density at radius 3 is 2.48 bits per heavy atom. The number of benzene rings is 1. The molecule has 1 aromatic heterocycles. The standard InChI is InChI=1S/C19H22N2O4/c1-13-15(20-17(25-13)14-9-5-3-6-10-14)16(22)21-19(18(23)24-2)11-7-4-8-12-19/h3,5-6,9-10H,4,7-8,11-12H2,1-2H3,(H,21,22). The number of hydrogen-bond donors (Lipinski definition) is 1. The summed E-state index contributed by atoms with van der Waals surface area (Å²) in [4.78, 5) is 29.4. The van der Waals surface area contributed by atoms with Crippen molar-refractivity contribution in [2.45, 2.75) is 44.6 Å². The van der Waals surface area contributed by atoms with Gasteiger partial charge in [-0.25, -0.2) is 9.78 Å². The number of amides is 1. The van der Waals surface area contributed by atoms with Crippen LogP contribution in [0.25, 0.3) is 11.5 Å². The van der Waals surface area contributed by atoms with E-state index in [2.05, 4.69) is 10.3 Å². The van der Waals surface area contributed by atoms with Crippen LogP contribution in [0.3, 0.4) is 0 Å². The van der Waals surface area contributed by atoms with Gasteiger partial charge in [0.25, 0.3) is 5.91 Å². The summed E-state index contributed by atoms with van der Waals surface area (Å²) in [5.74, 6) is 0.00639. The van der Waals surface area contributed by atoms with Crippen molar-refractivity contribution in [3.05, 3.63) is 41.8 Å². The highest BCUT2D eigenvalue weighted by Gasteiger charge is 2.42. The van der Waals surface area contributed by atoms with Crippen LogP contribution in [0.2, 0.25) is 0 Å². The van der Waals surface area contributed by atoms with Crippen molar-refractivity contribution in [1.29, 1.82) is 0 Å². The number of rotatable bonds is 4. The van der Waals surface area contributed by atoms with Crippen molar-refractivity contribution in [2.24, 2.45) is 0 Å². The summed E-state index contributed by atoms with van der Waals surface area (Å²) >= 11 is 0. The molecular formula is C19H22N2O4. The number of carbonyl (C=O) groups is 2. The van der Waals surface area contributed by atoms with Crippen molar-refractivity contribution in [1.82, 2.24) is 10.3 Å². The summed E-state index contributed by atoms with van der Waals surface area (Å²) in [7, 11) is 1.35. The maximum Gasteiger partial charge on any atom is 0.331 e. The van der Waals surface area contributed by atoms with Gasteiger partial charge in [0.2, 0.25) is 5.89 Å². The molecule has 0 atom stereocenters. The minimum atomic E-state index is -0.970. The Morgan fingerprint density at radius 2 is 1.84 bits per heavy atom. The number of ether oxygens (including phenoxy) is 1. The van der Waals surface area contributed by atoms with Gasteiger partial charge < -0.3 is 14.5 Å². The molecule has 0 spiro atoms. The Hall–Kier alpha value is -2.63. The first-order chi connectivity index (χ1) is 12.1. The molecule has 132 valence electrons. The number of nitrogens with zero attached hydrogens (tertiary/aromatic N) is 1. The van der Waals surface area contributed by atoms with Gasteiger partial charge in [0.15, 0.2) is 5.69 Å². The average Bonchev–Trinajstić information content (AvgIpc) is 3.04. The molecule has 1 N–H and O–H groups in total. The molecule has 1 aliphatic rings. The third kappa shape index (κ3) is 3.43. The van der Waals surface area contributed by atoms with Crippen LogP contribution in [0.5, 0.6) is 0 Å². The zero-order valence-electron chi connectivity index (χ0n) is 14.5. The summed E-state index contributed by atoms with van der Waals surface area (Å²) < 4.78 is 10.6. The van der Waals surface area contributed by atoms with Gasteiger partial charge in [-0.1, -0.05) is 37.5 Å². The van der Waals surface area contributed by atoms with Crippen molar-refractivity contribution in [2.75, 3.05) is 7.11 Å². The van der Waals surface area contributed by atoms with E-state index >= 15 is 0 Å². The lowest BCUT2D eigenvalue weighted by molar-refractivity contribution is -0.149. The average molecular weight is 342 g/mol. The third-order valence-electron chi connectivity index (χ3n) is 4.67. The van der Waals surface area contributed by atoms with E-state index in [4.69, 9.17) is 9.15 Å². The van der Waals surface area contributed by atoms with Crippen LogP contribution >= 0.6 is 0 Å². The van der Waals surface area contributed by atoms with Gasteiger partial charge >= 0.3 is 5.97 Å². The molecule has 2 aromatic rings. The van der Waals surface area contributed by atoms with Crippen molar-refractivity contribution in [3.8, 4) is 11.5 Å². The van der Waals surface area contributed by atoms with Crippen molar-refractivity contribution >= 4 is 11.9 Å². The molecule has 0 bridgehead atoms. The minimum Gasteiger partial charge on any atom is -0.467 e. The lowest BCUT2D eigenvalue weighted by atomic mass is 9.81. The number of esters is 1. The number of hydrogen-bond acceptors (Lipinski definition) is 5. The highest BCUT2D eigenvalue weighted by Crippen LogP contribution is 2.30. The first-order valence-electron chi connectivity index (χ1n) is 8.49. The van der Waals surface area contributed by atoms with Gasteiger partial charge in [0.05, 0.1) is 7.11 Å². The topological polar surface area (TPSA) is 81.4 Å². The number of carbonyl (C=O) groups excluding carboxylic acids is 2. The Morgan fingerprint density at radius 1 is 1.16 bits per heavy atom. The van der Waals surface area contributed by atoms with Crippen LogP contribution in [-0.2, 0) is 9.53 Å². The van der Waals surface area contributed by atoms with E-state index in [1.807, 2.05) is 30.3 Å². The molecule has 1 fully saturated rings. The number of aromatic nitrogens is 1. The fourth-order valence-electron chi connectivity index (χ4n) is 3.32. The maximum absolute atomic E-state index is 12.8. The first kappa shape index (κ1) is 17.2. The molecule has 6 heteroatoms. The summed E-state index contributed by atoms with van der Waals surface area (Å²) in [5.41, 5.74) is 0.0280. The van der Waals surface area contributed by atoms with Gasteiger partial charge in [0, 0.05) is 5.56 Å². The Bertz CT molecular complexity index is 761. The van der Waals surface area contributed by atoms with Crippen LogP contribution in [0.15, 0.2) is 34.7 Å². The van der Waals surface area contributed by atoms with Gasteiger partial charge in [-0.15, -0.1) is 0 Å². The van der Waals surface area contributed by atoms with Gasteiger partial charge in [-0.2, -0.15) is 0 Å². The number of aryl methyl sites for hydroxylation is 1. The first-order valence-corrected chi connectivity index (χ1v) is 8.49. The van der Waals surface area contributed by atoms with Crippen LogP contribution in [0.4, 0.5) is 0 Å². The van der Waals surface area contributed by atoms with Gasteiger partial charge in [-0.3, -0.25) is 4.79 Å². The lowest BCUT2D eigenvalue weighted by Crippen LogP contribution is -2.56. The number of methoxy groups -OCH3 is 1. The smallest absolute Gasteiger partial charge is 0.331 e. The van der Waals surface area contributed by atoms with E-state index in [0.717, 1.165) is 24.8 Å². The monoisotopic (exact) mass is 342 g/mol. The molecule has 1 aliphatic carbocycles. The SMILES string of the molecule is COC(=O)C1(NC(=O)c2nc(-c3ccccc3)oc2C)CCCCC1. The fourth-order valence-corrected chi connectivity index (χ4v) is 3.32.